The van der Waals surface area contributed by atoms with E-state index in [1.165, 1.54) is 27.8 Å². The lowest BCUT2D eigenvalue weighted by atomic mass is 9.93. The van der Waals surface area contributed by atoms with Crippen LogP contribution in [0.3, 0.4) is 0 Å². The summed E-state index contributed by atoms with van der Waals surface area (Å²) in [7, 11) is 0. The molecule has 4 rings (SSSR count). The molecule has 1 aliphatic carbocycles. The molecule has 1 aromatic heterocycles. The summed E-state index contributed by atoms with van der Waals surface area (Å²) in [5.41, 5.74) is -0.310. The predicted octanol–water partition coefficient (Wildman–Crippen LogP) is 3.45. The highest BCUT2D eigenvalue weighted by Crippen LogP contribution is 2.30. The van der Waals surface area contributed by atoms with Crippen LogP contribution in [0, 0.1) is 5.82 Å². The maximum absolute atomic E-state index is 13.7. The van der Waals surface area contributed by atoms with E-state index in [1.54, 1.807) is 26.0 Å². The summed E-state index contributed by atoms with van der Waals surface area (Å²) in [6.07, 6.45) is 6.26. The summed E-state index contributed by atoms with van der Waals surface area (Å²) in [6.45, 7) is 3.81. The van der Waals surface area contributed by atoms with Crippen molar-refractivity contribution in [1.82, 2.24) is 20.0 Å². The van der Waals surface area contributed by atoms with Crippen LogP contribution in [-0.4, -0.2) is 50.7 Å². The number of hydrogen-bond acceptors (Lipinski definition) is 5. The topological polar surface area (TPSA) is 93.5 Å². The third-order valence-corrected chi connectivity index (χ3v) is 6.72. The van der Waals surface area contributed by atoms with Crippen molar-refractivity contribution in [3.05, 3.63) is 53.1 Å². The maximum atomic E-state index is 13.7. The van der Waals surface area contributed by atoms with Crippen LogP contribution in [0.1, 0.15) is 78.9 Å². The highest BCUT2D eigenvalue weighted by Gasteiger charge is 2.48. The van der Waals surface area contributed by atoms with Crippen molar-refractivity contribution in [1.29, 1.82) is 0 Å². The molecule has 1 saturated carbocycles. The van der Waals surface area contributed by atoms with E-state index in [0.717, 1.165) is 38.5 Å². The number of halogens is 1. The Balaban J connectivity index is 1.67. The number of rotatable bonds is 6. The minimum absolute atomic E-state index is 0.0281. The average Bonchev–Trinajstić information content (AvgIpc) is 3.07. The summed E-state index contributed by atoms with van der Waals surface area (Å²) < 4.78 is 19.9. The fourth-order valence-corrected chi connectivity index (χ4v) is 4.73. The van der Waals surface area contributed by atoms with Crippen LogP contribution in [-0.2, 0) is 22.6 Å². The molecule has 34 heavy (non-hydrogen) atoms. The van der Waals surface area contributed by atoms with Crippen molar-refractivity contribution < 1.29 is 23.5 Å². The number of aromatic nitrogens is 2. The third-order valence-electron chi connectivity index (χ3n) is 6.72. The molecule has 0 radical (unpaired) electrons. The van der Waals surface area contributed by atoms with Gasteiger partial charge in [-0.3, -0.25) is 14.3 Å². The summed E-state index contributed by atoms with van der Waals surface area (Å²) in [5, 5.41) is 7.45. The van der Waals surface area contributed by atoms with Gasteiger partial charge in [0.1, 0.15) is 17.1 Å². The second kappa shape index (κ2) is 9.95. The molecular weight excluding hydrogens is 439 g/mol. The maximum Gasteiger partial charge on any atom is 0.358 e. The number of amides is 2. The van der Waals surface area contributed by atoms with Crippen molar-refractivity contribution in [3.8, 4) is 0 Å². The minimum atomic E-state index is -1.25. The number of nitrogens with zero attached hydrogens (tertiary/aromatic N) is 3. The van der Waals surface area contributed by atoms with Crippen LogP contribution in [0.15, 0.2) is 30.3 Å². The molecule has 0 saturated heterocycles. The Kier molecular flexibility index (Phi) is 7.00. The molecule has 0 unspecified atom stereocenters. The highest BCUT2D eigenvalue weighted by atomic mass is 19.1. The molecule has 1 N–H and O–H groups in total. The van der Waals surface area contributed by atoms with Crippen molar-refractivity contribution in [2.45, 2.75) is 77.0 Å². The van der Waals surface area contributed by atoms with Crippen LogP contribution in [0.4, 0.5) is 4.39 Å². The van der Waals surface area contributed by atoms with Gasteiger partial charge in [-0.2, -0.15) is 5.10 Å². The lowest BCUT2D eigenvalue weighted by Crippen LogP contribution is -2.64. The van der Waals surface area contributed by atoms with Crippen LogP contribution in [0.25, 0.3) is 0 Å². The minimum Gasteiger partial charge on any atom is -0.461 e. The second-order valence-electron chi connectivity index (χ2n) is 9.25. The number of carbonyl (C=O) groups excluding carboxylic acids is 3. The highest BCUT2D eigenvalue weighted by molar-refractivity contribution is 6.01. The molecule has 2 heterocycles. The van der Waals surface area contributed by atoms with Gasteiger partial charge in [-0.05, 0) is 44.4 Å². The van der Waals surface area contributed by atoms with Crippen LogP contribution in [0.5, 0.6) is 0 Å². The van der Waals surface area contributed by atoms with E-state index in [0.29, 0.717) is 5.56 Å². The summed E-state index contributed by atoms with van der Waals surface area (Å²) >= 11 is 0. The molecule has 1 fully saturated rings. The summed E-state index contributed by atoms with van der Waals surface area (Å²) in [4.78, 5) is 41.0. The van der Waals surface area contributed by atoms with E-state index in [1.807, 2.05) is 0 Å². The predicted molar refractivity (Wildman–Crippen MR) is 122 cm³/mol. The number of fused-ring (bicyclic) bond motifs is 1. The Bertz CT molecular complexity index is 1060. The monoisotopic (exact) mass is 470 g/mol. The van der Waals surface area contributed by atoms with Gasteiger partial charge in [0.05, 0.1) is 13.2 Å². The fraction of sp³-hybridized carbons (Fsp3) is 0.520. The number of benzene rings is 1. The molecule has 1 aliphatic heterocycles. The smallest absolute Gasteiger partial charge is 0.358 e. The summed E-state index contributed by atoms with van der Waals surface area (Å²) in [5.74, 6) is -1.67. The SMILES string of the molecule is CCOC(=O)c1cc2n(n1)C[C@@](C)(C(=O)NC1CCCCCC1)N(Cc1ccc(F)cc1)C2=O. The molecular formula is C25H31FN4O4. The first-order valence-corrected chi connectivity index (χ1v) is 11.9. The lowest BCUT2D eigenvalue weighted by Gasteiger charge is -2.43. The molecule has 2 amide bonds. The molecule has 1 aromatic carbocycles. The molecule has 0 bridgehead atoms. The zero-order valence-corrected chi connectivity index (χ0v) is 19.7. The summed E-state index contributed by atoms with van der Waals surface area (Å²) in [6, 6.07) is 7.32. The van der Waals surface area contributed by atoms with Crippen molar-refractivity contribution in [3.63, 3.8) is 0 Å². The Morgan fingerprint density at radius 1 is 1.18 bits per heavy atom. The number of nitrogens with one attached hydrogen (secondary N) is 1. The Labute approximate surface area is 198 Å². The number of hydrogen-bond donors (Lipinski definition) is 1. The van der Waals surface area contributed by atoms with Gasteiger partial charge in [-0.25, -0.2) is 9.18 Å². The number of carbonyl (C=O) groups is 3. The van der Waals surface area contributed by atoms with E-state index in [-0.39, 0.29) is 48.9 Å². The van der Waals surface area contributed by atoms with E-state index in [9.17, 15) is 18.8 Å². The van der Waals surface area contributed by atoms with Crippen molar-refractivity contribution in [2.24, 2.45) is 0 Å². The van der Waals surface area contributed by atoms with E-state index in [4.69, 9.17) is 4.74 Å². The van der Waals surface area contributed by atoms with Gasteiger partial charge in [0.25, 0.3) is 5.91 Å². The molecule has 2 aliphatic rings. The second-order valence-corrected chi connectivity index (χ2v) is 9.25. The van der Waals surface area contributed by atoms with Crippen LogP contribution in [0.2, 0.25) is 0 Å². The van der Waals surface area contributed by atoms with E-state index >= 15 is 0 Å². The fourth-order valence-electron chi connectivity index (χ4n) is 4.73. The Morgan fingerprint density at radius 3 is 2.50 bits per heavy atom. The lowest BCUT2D eigenvalue weighted by molar-refractivity contribution is -0.134. The van der Waals surface area contributed by atoms with Crippen molar-refractivity contribution in [2.75, 3.05) is 6.61 Å². The van der Waals surface area contributed by atoms with Gasteiger partial charge in [0.15, 0.2) is 5.69 Å². The van der Waals surface area contributed by atoms with Crippen molar-refractivity contribution >= 4 is 17.8 Å². The zero-order chi connectivity index (χ0) is 24.3. The normalized spacial score (nSPS) is 21.0. The Hall–Kier alpha value is -3.23. The van der Waals surface area contributed by atoms with E-state index in [2.05, 4.69) is 10.4 Å². The molecule has 2 aromatic rings. The Morgan fingerprint density at radius 2 is 1.85 bits per heavy atom. The average molecular weight is 471 g/mol. The zero-order valence-electron chi connectivity index (χ0n) is 19.7. The first-order valence-electron chi connectivity index (χ1n) is 11.9. The van der Waals surface area contributed by atoms with Gasteiger partial charge in [0.2, 0.25) is 5.91 Å². The van der Waals surface area contributed by atoms with E-state index < -0.39 is 17.4 Å². The van der Waals surface area contributed by atoms with Gasteiger partial charge >= 0.3 is 5.97 Å². The largest absolute Gasteiger partial charge is 0.461 e. The van der Waals surface area contributed by atoms with Crippen LogP contribution < -0.4 is 5.32 Å². The molecule has 9 heteroatoms. The molecule has 8 nitrogen and oxygen atoms in total. The first-order chi connectivity index (χ1) is 16.3. The van der Waals surface area contributed by atoms with Gasteiger partial charge in [-0.15, -0.1) is 0 Å². The quantitative estimate of drug-likeness (QED) is 0.516. The first kappa shape index (κ1) is 23.9. The molecule has 182 valence electrons. The van der Waals surface area contributed by atoms with Crippen LogP contribution >= 0.6 is 0 Å². The van der Waals surface area contributed by atoms with Gasteiger partial charge in [0, 0.05) is 18.7 Å². The number of ether oxygens (including phenoxy) is 1. The molecule has 0 spiro atoms. The van der Waals surface area contributed by atoms with Gasteiger partial charge < -0.3 is 15.0 Å². The third kappa shape index (κ3) is 4.83. The number of esters is 1. The molecule has 1 atom stereocenters. The van der Waals surface area contributed by atoms with Gasteiger partial charge in [-0.1, -0.05) is 37.8 Å². The standard InChI is InChI=1S/C25H31FN4O4/c1-3-34-23(32)20-14-21-22(31)29(15-17-10-12-18(26)13-11-17)25(2,16-30(21)28-20)24(33)27-19-8-6-4-5-7-9-19/h10-14,19H,3-9,15-16H2,1-2H3,(H,27,33)/t25-/m0/s1.